The molecule has 0 bridgehead atoms. The lowest BCUT2D eigenvalue weighted by molar-refractivity contribution is -0.122. The van der Waals surface area contributed by atoms with E-state index in [1.807, 2.05) is 25.1 Å². The minimum absolute atomic E-state index is 0.335. The molecular formula is C11H15BrO3. The first-order valence-corrected chi connectivity index (χ1v) is 5.41. The SMILES string of the molecule is COC(COc1ccc(C)cc1Br)OC. The van der Waals surface area contributed by atoms with Gasteiger partial charge in [0.1, 0.15) is 12.4 Å². The molecule has 15 heavy (non-hydrogen) atoms. The fourth-order valence-electron chi connectivity index (χ4n) is 1.11. The Kier molecular flexibility index (Phi) is 5.08. The summed E-state index contributed by atoms with van der Waals surface area (Å²) in [4.78, 5) is 0. The van der Waals surface area contributed by atoms with Crippen LogP contribution in [0.25, 0.3) is 0 Å². The van der Waals surface area contributed by atoms with Crippen molar-refractivity contribution in [2.75, 3.05) is 20.8 Å². The largest absolute Gasteiger partial charge is 0.487 e. The molecule has 0 amide bonds. The van der Waals surface area contributed by atoms with Crippen LogP contribution in [0.3, 0.4) is 0 Å². The predicted octanol–water partition coefficient (Wildman–Crippen LogP) is 2.76. The van der Waals surface area contributed by atoms with Crippen molar-refractivity contribution in [2.45, 2.75) is 13.2 Å². The van der Waals surface area contributed by atoms with Crippen LogP contribution in [0.15, 0.2) is 22.7 Å². The summed E-state index contributed by atoms with van der Waals surface area (Å²) in [5.74, 6) is 0.791. The van der Waals surface area contributed by atoms with Gasteiger partial charge >= 0.3 is 0 Å². The van der Waals surface area contributed by atoms with E-state index < -0.39 is 0 Å². The molecule has 0 unspecified atom stereocenters. The van der Waals surface area contributed by atoms with Gasteiger partial charge in [0, 0.05) is 14.2 Å². The molecule has 1 aromatic carbocycles. The van der Waals surface area contributed by atoms with E-state index in [0.29, 0.717) is 6.61 Å². The van der Waals surface area contributed by atoms with Crippen LogP contribution in [0.1, 0.15) is 5.56 Å². The zero-order chi connectivity index (χ0) is 11.3. The third kappa shape index (κ3) is 3.81. The minimum Gasteiger partial charge on any atom is -0.487 e. The van der Waals surface area contributed by atoms with Crippen LogP contribution >= 0.6 is 15.9 Å². The molecule has 84 valence electrons. The summed E-state index contributed by atoms with van der Waals surface area (Å²) in [6, 6.07) is 5.92. The first-order valence-electron chi connectivity index (χ1n) is 4.62. The van der Waals surface area contributed by atoms with Crippen LogP contribution in [-0.4, -0.2) is 27.1 Å². The average Bonchev–Trinajstić information content (AvgIpc) is 2.22. The number of methoxy groups -OCH3 is 2. The van der Waals surface area contributed by atoms with Gasteiger partial charge in [-0.05, 0) is 40.5 Å². The second kappa shape index (κ2) is 6.10. The van der Waals surface area contributed by atoms with E-state index >= 15 is 0 Å². The van der Waals surface area contributed by atoms with Gasteiger partial charge < -0.3 is 14.2 Å². The molecule has 0 saturated heterocycles. The molecule has 0 aromatic heterocycles. The minimum atomic E-state index is -0.335. The zero-order valence-electron chi connectivity index (χ0n) is 9.12. The lowest BCUT2D eigenvalue weighted by Gasteiger charge is -2.15. The van der Waals surface area contributed by atoms with E-state index in [1.165, 1.54) is 5.56 Å². The average molecular weight is 275 g/mol. The molecule has 0 spiro atoms. The van der Waals surface area contributed by atoms with Crippen molar-refractivity contribution in [1.82, 2.24) is 0 Å². The molecule has 4 heteroatoms. The highest BCUT2D eigenvalue weighted by Gasteiger charge is 2.07. The Morgan fingerprint density at radius 3 is 2.47 bits per heavy atom. The van der Waals surface area contributed by atoms with E-state index in [0.717, 1.165) is 10.2 Å². The molecule has 0 heterocycles. The van der Waals surface area contributed by atoms with Crippen molar-refractivity contribution in [3.8, 4) is 5.75 Å². The van der Waals surface area contributed by atoms with Gasteiger partial charge in [0.2, 0.25) is 0 Å². The van der Waals surface area contributed by atoms with E-state index in [2.05, 4.69) is 15.9 Å². The van der Waals surface area contributed by atoms with E-state index in [1.54, 1.807) is 14.2 Å². The monoisotopic (exact) mass is 274 g/mol. The lowest BCUT2D eigenvalue weighted by atomic mass is 10.2. The van der Waals surface area contributed by atoms with Crippen molar-refractivity contribution >= 4 is 15.9 Å². The number of benzene rings is 1. The topological polar surface area (TPSA) is 27.7 Å². The number of hydrogen-bond donors (Lipinski definition) is 0. The molecule has 0 radical (unpaired) electrons. The maximum Gasteiger partial charge on any atom is 0.191 e. The quantitative estimate of drug-likeness (QED) is 0.773. The van der Waals surface area contributed by atoms with Crippen molar-refractivity contribution in [3.63, 3.8) is 0 Å². The standard InChI is InChI=1S/C11H15BrO3/c1-8-4-5-10(9(12)6-8)15-7-11(13-2)14-3/h4-6,11H,7H2,1-3H3. The predicted molar refractivity (Wildman–Crippen MR) is 62.2 cm³/mol. The summed E-state index contributed by atoms with van der Waals surface area (Å²) in [6.45, 7) is 2.40. The molecular weight excluding hydrogens is 260 g/mol. The third-order valence-corrected chi connectivity index (χ3v) is 2.61. The Morgan fingerprint density at radius 2 is 1.93 bits per heavy atom. The molecule has 1 aromatic rings. The van der Waals surface area contributed by atoms with Gasteiger partial charge in [0.05, 0.1) is 4.47 Å². The van der Waals surface area contributed by atoms with Crippen molar-refractivity contribution in [1.29, 1.82) is 0 Å². The summed E-state index contributed by atoms with van der Waals surface area (Å²) >= 11 is 3.43. The van der Waals surface area contributed by atoms with Gasteiger partial charge in [-0.3, -0.25) is 0 Å². The van der Waals surface area contributed by atoms with Gasteiger partial charge in [-0.25, -0.2) is 0 Å². The fourth-order valence-corrected chi connectivity index (χ4v) is 1.72. The molecule has 0 N–H and O–H groups in total. The summed E-state index contributed by atoms with van der Waals surface area (Å²) in [7, 11) is 3.17. The smallest absolute Gasteiger partial charge is 0.191 e. The Labute approximate surface area is 98.5 Å². The summed E-state index contributed by atoms with van der Waals surface area (Å²) in [5.41, 5.74) is 1.18. The van der Waals surface area contributed by atoms with Crippen LogP contribution in [0, 0.1) is 6.92 Å². The summed E-state index contributed by atoms with van der Waals surface area (Å²) in [6.07, 6.45) is -0.335. The first kappa shape index (κ1) is 12.5. The highest BCUT2D eigenvalue weighted by molar-refractivity contribution is 9.10. The first-order chi connectivity index (χ1) is 7.17. The number of aryl methyl sites for hydroxylation is 1. The highest BCUT2D eigenvalue weighted by Crippen LogP contribution is 2.25. The third-order valence-electron chi connectivity index (χ3n) is 1.99. The van der Waals surface area contributed by atoms with Crippen molar-refractivity contribution in [3.05, 3.63) is 28.2 Å². The van der Waals surface area contributed by atoms with Crippen LogP contribution in [0.4, 0.5) is 0 Å². The van der Waals surface area contributed by atoms with Gasteiger partial charge in [0.15, 0.2) is 6.29 Å². The van der Waals surface area contributed by atoms with Gasteiger partial charge in [-0.2, -0.15) is 0 Å². The second-order valence-electron chi connectivity index (χ2n) is 3.15. The van der Waals surface area contributed by atoms with E-state index in [4.69, 9.17) is 14.2 Å². The van der Waals surface area contributed by atoms with Gasteiger partial charge in [0.25, 0.3) is 0 Å². The Hall–Kier alpha value is -0.580. The zero-order valence-corrected chi connectivity index (χ0v) is 10.7. The maximum absolute atomic E-state index is 5.54. The second-order valence-corrected chi connectivity index (χ2v) is 4.00. The summed E-state index contributed by atoms with van der Waals surface area (Å²) < 4.78 is 16.5. The molecule has 0 atom stereocenters. The summed E-state index contributed by atoms with van der Waals surface area (Å²) in [5, 5.41) is 0. The van der Waals surface area contributed by atoms with Crippen LogP contribution in [0.5, 0.6) is 5.75 Å². The van der Waals surface area contributed by atoms with Gasteiger partial charge in [-0.15, -0.1) is 0 Å². The molecule has 0 aliphatic heterocycles. The molecule has 3 nitrogen and oxygen atoms in total. The molecule has 1 rings (SSSR count). The Bertz CT molecular complexity index is 311. The molecule has 0 fully saturated rings. The van der Waals surface area contributed by atoms with Crippen LogP contribution in [0.2, 0.25) is 0 Å². The van der Waals surface area contributed by atoms with E-state index in [9.17, 15) is 0 Å². The number of ether oxygens (including phenoxy) is 3. The number of rotatable bonds is 5. The van der Waals surface area contributed by atoms with E-state index in [-0.39, 0.29) is 6.29 Å². The Morgan fingerprint density at radius 1 is 1.27 bits per heavy atom. The fraction of sp³-hybridized carbons (Fsp3) is 0.455. The Balaban J connectivity index is 2.57. The van der Waals surface area contributed by atoms with Crippen LogP contribution in [-0.2, 0) is 9.47 Å². The lowest BCUT2D eigenvalue weighted by Crippen LogP contribution is -2.22. The number of halogens is 1. The molecule has 0 aliphatic rings. The van der Waals surface area contributed by atoms with Gasteiger partial charge in [-0.1, -0.05) is 6.07 Å². The van der Waals surface area contributed by atoms with Crippen LogP contribution < -0.4 is 4.74 Å². The van der Waals surface area contributed by atoms with Crippen molar-refractivity contribution < 1.29 is 14.2 Å². The van der Waals surface area contributed by atoms with Crippen molar-refractivity contribution in [2.24, 2.45) is 0 Å². The number of hydrogen-bond acceptors (Lipinski definition) is 3. The molecule has 0 saturated carbocycles. The normalized spacial score (nSPS) is 10.7. The maximum atomic E-state index is 5.54. The molecule has 0 aliphatic carbocycles. The highest BCUT2D eigenvalue weighted by atomic mass is 79.9.